The van der Waals surface area contributed by atoms with Crippen LogP contribution in [0.3, 0.4) is 0 Å². The van der Waals surface area contributed by atoms with Crippen molar-refractivity contribution >= 4 is 29.1 Å². The molecule has 2 saturated heterocycles. The van der Waals surface area contributed by atoms with Crippen LogP contribution < -0.4 is 5.32 Å². The standard InChI is InChI=1S/C22H23ClFN7O2/c1-13-25-12-18(31(13)15-3-7-33-8-4-15)20-17(24)11-27-22(29-20)28-14-9-16(23)19(26-10-14)21(32)30-5-2-6-30/h9-12,15H,2-8H2,1H3,(H,27,28,29). The van der Waals surface area contributed by atoms with Crippen molar-refractivity contribution in [2.75, 3.05) is 31.6 Å². The van der Waals surface area contributed by atoms with Crippen molar-refractivity contribution in [3.05, 3.63) is 47.0 Å². The quantitative estimate of drug-likeness (QED) is 0.604. The zero-order chi connectivity index (χ0) is 22.9. The van der Waals surface area contributed by atoms with Crippen molar-refractivity contribution in [1.29, 1.82) is 0 Å². The van der Waals surface area contributed by atoms with Gasteiger partial charge in [0.1, 0.15) is 17.2 Å². The molecule has 0 aromatic carbocycles. The topological polar surface area (TPSA) is 98.1 Å². The summed E-state index contributed by atoms with van der Waals surface area (Å²) in [5.41, 5.74) is 1.45. The van der Waals surface area contributed by atoms with E-state index in [1.807, 2.05) is 11.5 Å². The Labute approximate surface area is 195 Å². The van der Waals surface area contributed by atoms with Gasteiger partial charge in [0, 0.05) is 32.3 Å². The normalized spacial score (nSPS) is 16.5. The van der Waals surface area contributed by atoms with Gasteiger partial charge in [0.15, 0.2) is 5.82 Å². The first-order valence-electron chi connectivity index (χ1n) is 10.9. The van der Waals surface area contributed by atoms with Crippen LogP contribution in [0.2, 0.25) is 5.02 Å². The van der Waals surface area contributed by atoms with Crippen molar-refractivity contribution in [1.82, 2.24) is 29.4 Å². The fourth-order valence-corrected chi connectivity index (χ4v) is 4.35. The number of nitrogens with one attached hydrogen (secondary N) is 1. The molecule has 2 aliphatic rings. The van der Waals surface area contributed by atoms with E-state index in [2.05, 4.69) is 25.3 Å². The number of pyridine rings is 1. The second kappa shape index (κ2) is 9.03. The number of nitrogens with zero attached hydrogens (tertiary/aromatic N) is 6. The van der Waals surface area contributed by atoms with Crippen LogP contribution in [0, 0.1) is 12.7 Å². The molecule has 0 atom stereocenters. The number of carbonyl (C=O) groups is 1. The lowest BCUT2D eigenvalue weighted by atomic mass is 10.1. The highest BCUT2D eigenvalue weighted by Crippen LogP contribution is 2.31. The third-order valence-corrected chi connectivity index (χ3v) is 6.26. The summed E-state index contributed by atoms with van der Waals surface area (Å²) in [7, 11) is 0. The van der Waals surface area contributed by atoms with Crippen molar-refractivity contribution in [3.63, 3.8) is 0 Å². The first-order chi connectivity index (χ1) is 16.0. The molecule has 2 aliphatic heterocycles. The molecule has 5 heterocycles. The lowest BCUT2D eigenvalue weighted by Gasteiger charge is -2.30. The first kappa shape index (κ1) is 21.7. The van der Waals surface area contributed by atoms with E-state index in [0.717, 1.165) is 31.3 Å². The average Bonchev–Trinajstić information content (AvgIpc) is 3.15. The summed E-state index contributed by atoms with van der Waals surface area (Å²) in [5.74, 6) is 0.251. The number of halogens is 2. The number of ether oxygens (including phenoxy) is 1. The maximum absolute atomic E-state index is 14.8. The molecular weight excluding hydrogens is 449 g/mol. The molecule has 9 nitrogen and oxygen atoms in total. The van der Waals surface area contributed by atoms with Crippen LogP contribution in [-0.4, -0.2) is 61.6 Å². The molecule has 0 bridgehead atoms. The first-order valence-corrected chi connectivity index (χ1v) is 11.3. The number of aryl methyl sites for hydroxylation is 1. The Bertz CT molecular complexity index is 1190. The molecular formula is C22H23ClFN7O2. The van der Waals surface area contributed by atoms with Crippen LogP contribution in [0.4, 0.5) is 16.0 Å². The SMILES string of the molecule is Cc1ncc(-c2nc(Nc3cnc(C(=O)N4CCC4)c(Cl)c3)ncc2F)n1C1CCOCC1. The van der Waals surface area contributed by atoms with E-state index in [9.17, 15) is 9.18 Å². The van der Waals surface area contributed by atoms with Gasteiger partial charge in [-0.3, -0.25) is 4.79 Å². The van der Waals surface area contributed by atoms with Gasteiger partial charge in [-0.1, -0.05) is 11.6 Å². The summed E-state index contributed by atoms with van der Waals surface area (Å²) in [6, 6.07) is 1.76. The van der Waals surface area contributed by atoms with Crippen LogP contribution in [0.5, 0.6) is 0 Å². The molecule has 11 heteroatoms. The Balaban J connectivity index is 1.41. The zero-order valence-corrected chi connectivity index (χ0v) is 18.8. The molecule has 0 spiro atoms. The van der Waals surface area contributed by atoms with Gasteiger partial charge in [0.2, 0.25) is 5.95 Å². The fraction of sp³-hybridized carbons (Fsp3) is 0.409. The fourth-order valence-electron chi connectivity index (χ4n) is 4.10. The predicted octanol–water partition coefficient (Wildman–Crippen LogP) is 3.78. The van der Waals surface area contributed by atoms with Gasteiger partial charge in [-0.05, 0) is 32.3 Å². The number of aromatic nitrogens is 5. The van der Waals surface area contributed by atoms with Gasteiger partial charge in [-0.2, -0.15) is 0 Å². The molecule has 0 aliphatic carbocycles. The average molecular weight is 472 g/mol. The van der Waals surface area contributed by atoms with Crippen LogP contribution in [0.15, 0.2) is 24.7 Å². The highest BCUT2D eigenvalue weighted by atomic mass is 35.5. The lowest BCUT2D eigenvalue weighted by molar-refractivity contribution is 0.0645. The monoisotopic (exact) mass is 471 g/mol. The summed E-state index contributed by atoms with van der Waals surface area (Å²) in [5, 5.41) is 3.23. The Hall–Kier alpha value is -3.11. The molecule has 3 aromatic heterocycles. The van der Waals surface area contributed by atoms with Gasteiger partial charge in [0.05, 0.1) is 35.0 Å². The molecule has 172 valence electrons. The van der Waals surface area contributed by atoms with Crippen molar-refractivity contribution < 1.29 is 13.9 Å². The summed E-state index contributed by atoms with van der Waals surface area (Å²) >= 11 is 6.30. The highest BCUT2D eigenvalue weighted by Gasteiger charge is 2.26. The van der Waals surface area contributed by atoms with Gasteiger partial charge in [0.25, 0.3) is 5.91 Å². The zero-order valence-electron chi connectivity index (χ0n) is 18.1. The molecule has 1 amide bonds. The third-order valence-electron chi connectivity index (χ3n) is 5.97. The smallest absolute Gasteiger partial charge is 0.274 e. The second-order valence-corrected chi connectivity index (χ2v) is 8.53. The van der Waals surface area contributed by atoms with Gasteiger partial charge in [-0.15, -0.1) is 0 Å². The Kier molecular flexibility index (Phi) is 5.94. The van der Waals surface area contributed by atoms with E-state index in [1.165, 1.54) is 6.20 Å². The van der Waals surface area contributed by atoms with Crippen LogP contribution in [-0.2, 0) is 4.74 Å². The van der Waals surface area contributed by atoms with Gasteiger partial charge in [-0.25, -0.2) is 24.3 Å². The summed E-state index contributed by atoms with van der Waals surface area (Å²) in [6.45, 7) is 4.64. The molecule has 0 unspecified atom stereocenters. The minimum Gasteiger partial charge on any atom is -0.381 e. The number of rotatable bonds is 5. The summed E-state index contributed by atoms with van der Waals surface area (Å²) in [6.07, 6.45) is 6.89. The molecule has 5 rings (SSSR count). The Morgan fingerprint density at radius 3 is 2.67 bits per heavy atom. The number of anilines is 2. The summed E-state index contributed by atoms with van der Waals surface area (Å²) < 4.78 is 22.3. The van der Waals surface area contributed by atoms with Crippen molar-refractivity contribution in [2.24, 2.45) is 0 Å². The minimum atomic E-state index is -0.541. The number of carbonyl (C=O) groups excluding carboxylic acids is 1. The van der Waals surface area contributed by atoms with E-state index in [0.29, 0.717) is 37.7 Å². The number of imidazole rings is 1. The van der Waals surface area contributed by atoms with E-state index >= 15 is 0 Å². The lowest BCUT2D eigenvalue weighted by Crippen LogP contribution is -2.42. The van der Waals surface area contributed by atoms with Crippen molar-refractivity contribution in [2.45, 2.75) is 32.2 Å². The van der Waals surface area contributed by atoms with Crippen LogP contribution in [0.25, 0.3) is 11.4 Å². The number of amides is 1. The number of likely N-dealkylation sites (tertiary alicyclic amines) is 1. The van der Waals surface area contributed by atoms with E-state index in [-0.39, 0.29) is 34.3 Å². The van der Waals surface area contributed by atoms with Gasteiger partial charge >= 0.3 is 0 Å². The Morgan fingerprint density at radius 2 is 1.97 bits per heavy atom. The largest absolute Gasteiger partial charge is 0.381 e. The number of hydrogen-bond acceptors (Lipinski definition) is 7. The molecule has 2 fully saturated rings. The summed E-state index contributed by atoms with van der Waals surface area (Å²) in [4.78, 5) is 31.2. The maximum Gasteiger partial charge on any atom is 0.274 e. The predicted molar refractivity (Wildman–Crippen MR) is 120 cm³/mol. The van der Waals surface area contributed by atoms with E-state index < -0.39 is 5.82 Å². The van der Waals surface area contributed by atoms with Gasteiger partial charge < -0.3 is 19.5 Å². The molecule has 0 saturated carbocycles. The highest BCUT2D eigenvalue weighted by molar-refractivity contribution is 6.33. The van der Waals surface area contributed by atoms with Crippen LogP contribution >= 0.6 is 11.6 Å². The molecule has 1 N–H and O–H groups in total. The van der Waals surface area contributed by atoms with Crippen LogP contribution in [0.1, 0.15) is 41.6 Å². The third kappa shape index (κ3) is 4.28. The van der Waals surface area contributed by atoms with E-state index in [1.54, 1.807) is 17.2 Å². The maximum atomic E-state index is 14.8. The molecule has 3 aromatic rings. The number of hydrogen-bond donors (Lipinski definition) is 1. The van der Waals surface area contributed by atoms with Crippen molar-refractivity contribution in [3.8, 4) is 11.4 Å². The minimum absolute atomic E-state index is 0.156. The Morgan fingerprint density at radius 1 is 1.18 bits per heavy atom. The van der Waals surface area contributed by atoms with E-state index in [4.69, 9.17) is 16.3 Å². The molecule has 0 radical (unpaired) electrons. The second-order valence-electron chi connectivity index (χ2n) is 8.12. The molecule has 33 heavy (non-hydrogen) atoms.